The molecule has 0 radical (unpaired) electrons. The van der Waals surface area contributed by atoms with Crippen molar-refractivity contribution in [2.24, 2.45) is 0 Å². The molecule has 0 saturated carbocycles. The molecular formula is C22H16N4S. The van der Waals surface area contributed by atoms with Crippen molar-refractivity contribution in [3.63, 3.8) is 0 Å². The fourth-order valence-corrected chi connectivity index (χ4v) is 3.83. The molecular weight excluding hydrogens is 352 g/mol. The first-order chi connectivity index (χ1) is 13.3. The molecule has 2 heterocycles. The molecule has 4 nitrogen and oxygen atoms in total. The number of imidazole rings is 1. The standard InChI is InChI=1S/C22H16N4S/c1-2-6-16(7-3-1)21-24-20(14-27-21)15-10-12-17(13-11-15)23-22-25-18-8-4-5-9-19(18)26-22/h1-14H,(H2,23,25,26). The molecule has 5 heteroatoms. The topological polar surface area (TPSA) is 53.6 Å². The Balaban J connectivity index is 1.36. The van der Waals surface area contributed by atoms with E-state index in [-0.39, 0.29) is 0 Å². The average Bonchev–Trinajstić information content (AvgIpc) is 3.36. The summed E-state index contributed by atoms with van der Waals surface area (Å²) in [5, 5.41) is 6.46. The zero-order chi connectivity index (χ0) is 18.1. The van der Waals surface area contributed by atoms with Gasteiger partial charge >= 0.3 is 0 Å². The van der Waals surface area contributed by atoms with E-state index in [1.165, 1.54) is 0 Å². The predicted octanol–water partition coefficient (Wildman–Crippen LogP) is 6.10. The lowest BCUT2D eigenvalue weighted by molar-refractivity contribution is 1.31. The van der Waals surface area contributed by atoms with Gasteiger partial charge in [-0.25, -0.2) is 9.97 Å². The highest BCUT2D eigenvalue weighted by Crippen LogP contribution is 2.29. The van der Waals surface area contributed by atoms with Crippen LogP contribution in [0.1, 0.15) is 0 Å². The number of hydrogen-bond acceptors (Lipinski definition) is 4. The first-order valence-electron chi connectivity index (χ1n) is 8.68. The molecule has 0 saturated heterocycles. The van der Waals surface area contributed by atoms with E-state index >= 15 is 0 Å². The fraction of sp³-hybridized carbons (Fsp3) is 0. The van der Waals surface area contributed by atoms with Crippen molar-refractivity contribution in [2.75, 3.05) is 5.32 Å². The predicted molar refractivity (Wildman–Crippen MR) is 112 cm³/mol. The molecule has 0 aliphatic heterocycles. The van der Waals surface area contributed by atoms with Crippen LogP contribution in [0.4, 0.5) is 11.6 Å². The minimum absolute atomic E-state index is 0.740. The van der Waals surface area contributed by atoms with Crippen LogP contribution in [-0.2, 0) is 0 Å². The van der Waals surface area contributed by atoms with Crippen molar-refractivity contribution in [3.8, 4) is 21.8 Å². The van der Waals surface area contributed by atoms with Crippen LogP contribution in [-0.4, -0.2) is 15.0 Å². The second-order valence-electron chi connectivity index (χ2n) is 6.21. The maximum atomic E-state index is 4.77. The van der Waals surface area contributed by atoms with Gasteiger partial charge in [-0.05, 0) is 24.3 Å². The molecule has 0 unspecified atom stereocenters. The zero-order valence-electron chi connectivity index (χ0n) is 14.4. The van der Waals surface area contributed by atoms with Crippen molar-refractivity contribution in [1.82, 2.24) is 15.0 Å². The molecule has 2 N–H and O–H groups in total. The summed E-state index contributed by atoms with van der Waals surface area (Å²) in [7, 11) is 0. The highest BCUT2D eigenvalue weighted by Gasteiger charge is 2.07. The van der Waals surface area contributed by atoms with Crippen LogP contribution in [0, 0.1) is 0 Å². The number of thiazole rings is 1. The minimum Gasteiger partial charge on any atom is -0.326 e. The fourth-order valence-electron chi connectivity index (χ4n) is 2.99. The van der Waals surface area contributed by atoms with Gasteiger partial charge in [0.1, 0.15) is 5.01 Å². The third-order valence-electron chi connectivity index (χ3n) is 4.36. The molecule has 0 atom stereocenters. The van der Waals surface area contributed by atoms with Gasteiger partial charge < -0.3 is 10.3 Å². The van der Waals surface area contributed by atoms with E-state index in [0.717, 1.165) is 44.5 Å². The van der Waals surface area contributed by atoms with Crippen molar-refractivity contribution in [1.29, 1.82) is 0 Å². The summed E-state index contributed by atoms with van der Waals surface area (Å²) in [4.78, 5) is 12.6. The third-order valence-corrected chi connectivity index (χ3v) is 5.25. The van der Waals surface area contributed by atoms with Gasteiger partial charge in [-0.2, -0.15) is 0 Å². The van der Waals surface area contributed by atoms with Gasteiger partial charge in [0.15, 0.2) is 0 Å². The Hall–Kier alpha value is -3.44. The number of para-hydroxylation sites is 2. The Morgan fingerprint density at radius 3 is 2.33 bits per heavy atom. The number of hydrogen-bond donors (Lipinski definition) is 2. The maximum Gasteiger partial charge on any atom is 0.205 e. The summed E-state index contributed by atoms with van der Waals surface area (Å²) < 4.78 is 0. The normalized spacial score (nSPS) is 11.0. The summed E-state index contributed by atoms with van der Waals surface area (Å²) in [6.07, 6.45) is 0. The Kier molecular flexibility index (Phi) is 3.92. The van der Waals surface area contributed by atoms with E-state index in [1.807, 2.05) is 54.6 Å². The van der Waals surface area contributed by atoms with Crippen LogP contribution >= 0.6 is 11.3 Å². The highest BCUT2D eigenvalue weighted by molar-refractivity contribution is 7.13. The molecule has 0 fully saturated rings. The van der Waals surface area contributed by atoms with Gasteiger partial charge in [-0.15, -0.1) is 11.3 Å². The molecule has 0 amide bonds. The second-order valence-corrected chi connectivity index (χ2v) is 7.07. The maximum absolute atomic E-state index is 4.77. The SMILES string of the molecule is c1ccc(-c2nc(-c3ccc(Nc4nc5ccccc5[nH]4)cc3)cs2)cc1. The average molecular weight is 368 g/mol. The molecule has 0 aliphatic rings. The van der Waals surface area contributed by atoms with Crippen LogP contribution in [0.15, 0.2) is 84.2 Å². The largest absolute Gasteiger partial charge is 0.326 e. The number of aromatic amines is 1. The summed E-state index contributed by atoms with van der Waals surface area (Å²) in [6, 6.07) is 26.5. The smallest absolute Gasteiger partial charge is 0.205 e. The van der Waals surface area contributed by atoms with Crippen LogP contribution < -0.4 is 5.32 Å². The first kappa shape index (κ1) is 15.8. The van der Waals surface area contributed by atoms with Gasteiger partial charge in [0.2, 0.25) is 5.95 Å². The summed E-state index contributed by atoms with van der Waals surface area (Å²) in [6.45, 7) is 0. The number of H-pyrrole nitrogens is 1. The Morgan fingerprint density at radius 1 is 0.741 bits per heavy atom. The number of aromatic nitrogens is 3. The van der Waals surface area contributed by atoms with Crippen molar-refractivity contribution >= 4 is 34.0 Å². The zero-order valence-corrected chi connectivity index (χ0v) is 15.2. The van der Waals surface area contributed by atoms with E-state index in [1.54, 1.807) is 11.3 Å². The van der Waals surface area contributed by atoms with E-state index in [2.05, 4.69) is 44.9 Å². The number of benzene rings is 3. The Labute approximate surface area is 160 Å². The van der Waals surface area contributed by atoms with Gasteiger partial charge in [-0.3, -0.25) is 0 Å². The highest BCUT2D eigenvalue weighted by atomic mass is 32.1. The Morgan fingerprint density at radius 2 is 1.52 bits per heavy atom. The van der Waals surface area contributed by atoms with Crippen LogP contribution in [0.2, 0.25) is 0 Å². The molecule has 130 valence electrons. The van der Waals surface area contributed by atoms with E-state index in [9.17, 15) is 0 Å². The lowest BCUT2D eigenvalue weighted by atomic mass is 10.1. The molecule has 27 heavy (non-hydrogen) atoms. The van der Waals surface area contributed by atoms with Gasteiger partial charge in [0.25, 0.3) is 0 Å². The summed E-state index contributed by atoms with van der Waals surface area (Å²) in [5.74, 6) is 0.740. The van der Waals surface area contributed by atoms with Gasteiger partial charge in [0, 0.05) is 22.2 Å². The van der Waals surface area contributed by atoms with Gasteiger partial charge in [-0.1, -0.05) is 54.6 Å². The summed E-state index contributed by atoms with van der Waals surface area (Å²) in [5.41, 5.74) is 6.20. The van der Waals surface area contributed by atoms with Crippen LogP contribution in [0.3, 0.4) is 0 Å². The minimum atomic E-state index is 0.740. The number of nitrogens with zero attached hydrogens (tertiary/aromatic N) is 2. The molecule has 5 aromatic rings. The first-order valence-corrected chi connectivity index (χ1v) is 9.56. The van der Waals surface area contributed by atoms with Crippen molar-refractivity contribution < 1.29 is 0 Å². The quantitative estimate of drug-likeness (QED) is 0.403. The van der Waals surface area contributed by atoms with Gasteiger partial charge in [0.05, 0.1) is 16.7 Å². The third kappa shape index (κ3) is 3.20. The number of rotatable bonds is 4. The van der Waals surface area contributed by atoms with E-state index < -0.39 is 0 Å². The second kappa shape index (κ2) is 6.70. The van der Waals surface area contributed by atoms with Crippen LogP contribution in [0.5, 0.6) is 0 Å². The number of nitrogens with one attached hydrogen (secondary N) is 2. The molecule has 2 aromatic heterocycles. The molecule has 0 bridgehead atoms. The molecule has 3 aromatic carbocycles. The lowest BCUT2D eigenvalue weighted by Crippen LogP contribution is -1.92. The van der Waals surface area contributed by atoms with E-state index in [4.69, 9.17) is 4.98 Å². The summed E-state index contributed by atoms with van der Waals surface area (Å²) >= 11 is 1.66. The number of fused-ring (bicyclic) bond motifs is 1. The van der Waals surface area contributed by atoms with E-state index in [0.29, 0.717) is 0 Å². The van der Waals surface area contributed by atoms with Crippen LogP contribution in [0.25, 0.3) is 32.9 Å². The monoisotopic (exact) mass is 368 g/mol. The van der Waals surface area contributed by atoms with Crippen molar-refractivity contribution in [3.05, 3.63) is 84.2 Å². The molecule has 0 spiro atoms. The molecule has 0 aliphatic carbocycles. The lowest BCUT2D eigenvalue weighted by Gasteiger charge is -2.03. The number of anilines is 2. The van der Waals surface area contributed by atoms with Crippen molar-refractivity contribution in [2.45, 2.75) is 0 Å². The Bertz CT molecular complexity index is 1160. The molecule has 5 rings (SSSR count).